The zero-order valence-electron chi connectivity index (χ0n) is 13.1. The normalized spacial score (nSPS) is 15.4. The summed E-state index contributed by atoms with van der Waals surface area (Å²) in [5.74, 6) is -0.877. The quantitative estimate of drug-likeness (QED) is 0.723. The minimum atomic E-state index is -3.74. The van der Waals surface area contributed by atoms with Gasteiger partial charge in [0.25, 0.3) is 0 Å². The highest BCUT2D eigenvalue weighted by Gasteiger charge is 2.30. The Labute approximate surface area is 135 Å². The van der Waals surface area contributed by atoms with E-state index in [1.54, 1.807) is 0 Å². The molecular weight excluding hydrogens is 322 g/mol. The lowest BCUT2D eigenvalue weighted by Gasteiger charge is -2.18. The van der Waals surface area contributed by atoms with Gasteiger partial charge in [0, 0.05) is 13.1 Å². The minimum absolute atomic E-state index is 0.0600. The number of hydrogen-bond acceptors (Lipinski definition) is 6. The molecule has 0 atom stereocenters. The van der Waals surface area contributed by atoms with Crippen molar-refractivity contribution >= 4 is 21.8 Å². The highest BCUT2D eigenvalue weighted by atomic mass is 32.2. The van der Waals surface area contributed by atoms with Crippen LogP contribution in [0, 0.1) is 0 Å². The first-order chi connectivity index (χ1) is 10.9. The van der Waals surface area contributed by atoms with Crippen molar-refractivity contribution in [2.45, 2.75) is 24.7 Å². The molecule has 0 N–H and O–H groups in total. The van der Waals surface area contributed by atoms with E-state index in [2.05, 4.69) is 0 Å². The molecule has 2 rings (SSSR count). The van der Waals surface area contributed by atoms with Gasteiger partial charge in [-0.1, -0.05) is 0 Å². The predicted molar refractivity (Wildman–Crippen MR) is 82.0 cm³/mol. The van der Waals surface area contributed by atoms with Gasteiger partial charge in [0.2, 0.25) is 10.0 Å². The molecule has 0 saturated carbocycles. The van der Waals surface area contributed by atoms with Crippen LogP contribution in [0.3, 0.4) is 0 Å². The molecule has 23 heavy (non-hydrogen) atoms. The van der Waals surface area contributed by atoms with Crippen LogP contribution in [0.25, 0.3) is 0 Å². The number of sulfonamides is 1. The predicted octanol–water partition coefficient (Wildman–Crippen LogP) is 1.23. The average molecular weight is 341 g/mol. The van der Waals surface area contributed by atoms with Crippen LogP contribution in [0.1, 0.15) is 30.1 Å². The maximum atomic E-state index is 12.7. The third-order valence-electron chi connectivity index (χ3n) is 3.49. The van der Waals surface area contributed by atoms with E-state index in [0.717, 1.165) is 12.8 Å². The van der Waals surface area contributed by atoms with Crippen LogP contribution in [0.5, 0.6) is 5.75 Å². The molecule has 0 unspecified atom stereocenters. The average Bonchev–Trinajstić information content (AvgIpc) is 3.07. The van der Waals surface area contributed by atoms with E-state index < -0.39 is 16.0 Å². The summed E-state index contributed by atoms with van der Waals surface area (Å²) in [6.07, 6.45) is 1.61. The van der Waals surface area contributed by atoms with Gasteiger partial charge >= 0.3 is 5.97 Å². The van der Waals surface area contributed by atoms with E-state index in [1.807, 2.05) is 0 Å². The lowest BCUT2D eigenvalue weighted by Crippen LogP contribution is -2.28. The fourth-order valence-corrected chi connectivity index (χ4v) is 4.02. The Kier molecular flexibility index (Phi) is 5.38. The second kappa shape index (κ2) is 7.10. The van der Waals surface area contributed by atoms with Crippen LogP contribution < -0.4 is 4.74 Å². The van der Waals surface area contributed by atoms with Gasteiger partial charge in [-0.15, -0.1) is 0 Å². The van der Waals surface area contributed by atoms with Gasteiger partial charge in [-0.3, -0.25) is 4.79 Å². The first kappa shape index (κ1) is 17.4. The lowest BCUT2D eigenvalue weighted by atomic mass is 10.2. The highest BCUT2D eigenvalue weighted by Crippen LogP contribution is 2.30. The number of hydrogen-bond donors (Lipinski definition) is 0. The molecule has 1 aromatic rings. The van der Waals surface area contributed by atoms with E-state index in [-0.39, 0.29) is 28.6 Å². The molecule has 0 amide bonds. The molecule has 1 saturated heterocycles. The van der Waals surface area contributed by atoms with E-state index in [9.17, 15) is 18.0 Å². The number of methoxy groups -OCH3 is 1. The Bertz CT molecular complexity index is 707. The van der Waals surface area contributed by atoms with Crippen molar-refractivity contribution in [3.8, 4) is 5.75 Å². The molecule has 7 nitrogen and oxygen atoms in total. The molecule has 1 aliphatic rings. The molecule has 126 valence electrons. The lowest BCUT2D eigenvalue weighted by molar-refractivity contribution is -0.120. The number of carbonyl (C=O) groups is 2. The number of Topliss-reactive ketones (excluding diaryl/α,β-unsaturated/α-hetero) is 1. The molecule has 0 aromatic heterocycles. The Morgan fingerprint density at radius 3 is 2.43 bits per heavy atom. The summed E-state index contributed by atoms with van der Waals surface area (Å²) in [5.41, 5.74) is 0.0600. The second-order valence-electron chi connectivity index (χ2n) is 5.25. The summed E-state index contributed by atoms with van der Waals surface area (Å²) < 4.78 is 36.7. The van der Waals surface area contributed by atoms with Gasteiger partial charge in [0.05, 0.1) is 12.7 Å². The van der Waals surface area contributed by atoms with Crippen LogP contribution in [-0.2, 0) is 19.6 Å². The number of rotatable bonds is 6. The van der Waals surface area contributed by atoms with Gasteiger partial charge < -0.3 is 9.47 Å². The number of nitrogens with zero attached hydrogens (tertiary/aromatic N) is 1. The Morgan fingerprint density at radius 1 is 1.22 bits per heavy atom. The standard InChI is InChI=1S/C15H19NO6S/c1-11(17)10-22-15(18)12-5-6-13(21-2)14(9-12)23(19,20)16-7-3-4-8-16/h5-6,9H,3-4,7-8,10H2,1-2H3. The summed E-state index contributed by atoms with van der Waals surface area (Å²) in [4.78, 5) is 22.7. The van der Waals surface area contributed by atoms with E-state index >= 15 is 0 Å². The molecule has 0 radical (unpaired) electrons. The molecule has 1 heterocycles. The molecular formula is C15H19NO6S. The smallest absolute Gasteiger partial charge is 0.338 e. The van der Waals surface area contributed by atoms with Crippen molar-refractivity contribution in [2.75, 3.05) is 26.8 Å². The minimum Gasteiger partial charge on any atom is -0.495 e. The summed E-state index contributed by atoms with van der Waals surface area (Å²) in [7, 11) is -2.37. The van der Waals surface area contributed by atoms with Crippen molar-refractivity contribution in [1.29, 1.82) is 0 Å². The topological polar surface area (TPSA) is 90.0 Å². The van der Waals surface area contributed by atoms with Crippen molar-refractivity contribution in [2.24, 2.45) is 0 Å². The Morgan fingerprint density at radius 2 is 1.87 bits per heavy atom. The van der Waals surface area contributed by atoms with E-state index in [4.69, 9.17) is 9.47 Å². The van der Waals surface area contributed by atoms with Crippen LogP contribution in [0.15, 0.2) is 23.1 Å². The van der Waals surface area contributed by atoms with Gasteiger partial charge in [-0.2, -0.15) is 4.31 Å². The maximum Gasteiger partial charge on any atom is 0.338 e. The Balaban J connectivity index is 2.36. The third-order valence-corrected chi connectivity index (χ3v) is 5.41. The largest absolute Gasteiger partial charge is 0.495 e. The Hall–Kier alpha value is -1.93. The monoisotopic (exact) mass is 341 g/mol. The second-order valence-corrected chi connectivity index (χ2v) is 7.16. The van der Waals surface area contributed by atoms with Gasteiger partial charge in [0.1, 0.15) is 17.3 Å². The van der Waals surface area contributed by atoms with Crippen molar-refractivity contribution < 1.29 is 27.5 Å². The molecule has 1 aromatic carbocycles. The number of ether oxygens (including phenoxy) is 2. The van der Waals surface area contributed by atoms with Gasteiger partial charge in [0.15, 0.2) is 5.78 Å². The first-order valence-corrected chi connectivity index (χ1v) is 8.65. The third kappa shape index (κ3) is 3.89. The maximum absolute atomic E-state index is 12.7. The molecule has 8 heteroatoms. The molecule has 0 spiro atoms. The SMILES string of the molecule is COc1ccc(C(=O)OCC(C)=O)cc1S(=O)(=O)N1CCCC1. The molecule has 0 bridgehead atoms. The first-order valence-electron chi connectivity index (χ1n) is 7.21. The fourth-order valence-electron chi connectivity index (χ4n) is 2.32. The van der Waals surface area contributed by atoms with Crippen LogP contribution in [-0.4, -0.2) is 51.3 Å². The zero-order valence-corrected chi connectivity index (χ0v) is 13.9. The van der Waals surface area contributed by atoms with Crippen molar-refractivity contribution in [3.63, 3.8) is 0 Å². The molecule has 1 fully saturated rings. The van der Waals surface area contributed by atoms with Crippen LogP contribution >= 0.6 is 0 Å². The van der Waals surface area contributed by atoms with Gasteiger partial charge in [-0.25, -0.2) is 13.2 Å². The molecule has 1 aliphatic heterocycles. The number of carbonyl (C=O) groups excluding carboxylic acids is 2. The van der Waals surface area contributed by atoms with Crippen LogP contribution in [0.2, 0.25) is 0 Å². The van der Waals surface area contributed by atoms with Gasteiger partial charge in [-0.05, 0) is 38.0 Å². The molecule has 0 aliphatic carbocycles. The number of esters is 1. The van der Waals surface area contributed by atoms with E-state index in [0.29, 0.717) is 13.1 Å². The van der Waals surface area contributed by atoms with E-state index in [1.165, 1.54) is 36.5 Å². The number of benzene rings is 1. The fraction of sp³-hybridized carbons (Fsp3) is 0.467. The van der Waals surface area contributed by atoms with Crippen molar-refractivity contribution in [1.82, 2.24) is 4.31 Å². The number of ketones is 1. The summed E-state index contributed by atoms with van der Waals surface area (Å²) in [6, 6.07) is 4.05. The highest BCUT2D eigenvalue weighted by molar-refractivity contribution is 7.89. The summed E-state index contributed by atoms with van der Waals surface area (Å²) in [5, 5.41) is 0. The zero-order chi connectivity index (χ0) is 17.0. The van der Waals surface area contributed by atoms with Crippen LogP contribution in [0.4, 0.5) is 0 Å². The summed E-state index contributed by atoms with van der Waals surface area (Å²) >= 11 is 0. The van der Waals surface area contributed by atoms with Crippen molar-refractivity contribution in [3.05, 3.63) is 23.8 Å². The summed E-state index contributed by atoms with van der Waals surface area (Å²) in [6.45, 7) is 1.85.